The Kier molecular flexibility index (Phi) is 8.89. The number of hydrogen-bond acceptors (Lipinski definition) is 3. The molecule has 0 amide bonds. The van der Waals surface area contributed by atoms with Crippen LogP contribution in [0.5, 0.6) is 0 Å². The number of para-hydroxylation sites is 2. The zero-order valence-corrected chi connectivity index (χ0v) is 38.9. The average Bonchev–Trinajstić information content (AvgIpc) is 3.98. The van der Waals surface area contributed by atoms with Gasteiger partial charge in [-0.2, -0.15) is 0 Å². The van der Waals surface area contributed by atoms with Gasteiger partial charge in [0.25, 0.3) is 0 Å². The van der Waals surface area contributed by atoms with Gasteiger partial charge in [0.1, 0.15) is 0 Å². The third-order valence-electron chi connectivity index (χ3n) is 14.7. The first-order chi connectivity index (χ1) is 35.7. The highest BCUT2D eigenvalue weighted by molar-refractivity contribution is 6.29. The quantitative estimate of drug-likeness (QED) is 0.156. The Morgan fingerprint density at radius 1 is 0.236 bits per heavy atom. The zero-order chi connectivity index (χ0) is 47.3. The van der Waals surface area contributed by atoms with Gasteiger partial charge in [-0.15, -0.1) is 0 Å². The highest BCUT2D eigenvalue weighted by Gasteiger charge is 2.22. The van der Waals surface area contributed by atoms with Crippen LogP contribution in [0.4, 0.5) is 0 Å². The monoisotopic (exact) mass is 915 g/mol. The summed E-state index contributed by atoms with van der Waals surface area (Å²) in [6.07, 6.45) is 0. The van der Waals surface area contributed by atoms with E-state index in [1.54, 1.807) is 0 Å². The molecule has 0 bridgehead atoms. The summed E-state index contributed by atoms with van der Waals surface area (Å²) in [4.78, 5) is 15.3. The molecule has 0 radical (unpaired) electrons. The molecular formula is C67H41N5. The lowest BCUT2D eigenvalue weighted by molar-refractivity contribution is 1.07. The van der Waals surface area contributed by atoms with Crippen LogP contribution in [-0.2, 0) is 0 Å². The number of hydrogen-bond donors (Lipinski definition) is 0. The van der Waals surface area contributed by atoms with Gasteiger partial charge in [0.2, 0.25) is 0 Å². The van der Waals surface area contributed by atoms with Crippen LogP contribution in [0.25, 0.3) is 143 Å². The van der Waals surface area contributed by atoms with Crippen LogP contribution in [0.2, 0.25) is 0 Å². The van der Waals surface area contributed by atoms with Crippen LogP contribution in [-0.4, -0.2) is 24.1 Å². The Morgan fingerprint density at radius 2 is 0.722 bits per heavy atom. The summed E-state index contributed by atoms with van der Waals surface area (Å²) in [7, 11) is 0. The van der Waals surface area contributed by atoms with E-state index in [2.05, 4.69) is 221 Å². The molecule has 3 aromatic heterocycles. The molecule has 0 saturated heterocycles. The molecule has 5 heteroatoms. The standard InChI is InChI=1S/C67H41N5/c1-4-18-43(19-5-1)65-68-66(44-20-6-2-7-21-44)70-67(69-65)47-31-35-54-55(41-47)51-26-13-12-25-50(51)53-28-16-30-61(64(53)54)72-60-37-34-46(40-57(60)63-49-24-11-10-17-42(49)32-38-62(63)72)45-33-36-59-56(39-45)52-27-14-15-29-58(52)71(59)48-22-8-3-9-23-48/h1-41H. The van der Waals surface area contributed by atoms with Crippen molar-refractivity contribution < 1.29 is 0 Å². The number of nitrogens with zero attached hydrogens (tertiary/aromatic N) is 5. The Balaban J connectivity index is 0.963. The highest BCUT2D eigenvalue weighted by Crippen LogP contribution is 2.45. The van der Waals surface area contributed by atoms with Gasteiger partial charge in [0, 0.05) is 49.3 Å². The fraction of sp³-hybridized carbons (Fsp3) is 0. The maximum atomic E-state index is 5.14. The number of aromatic nitrogens is 5. The van der Waals surface area contributed by atoms with E-state index in [9.17, 15) is 0 Å². The Labute approximate surface area is 414 Å². The molecule has 5 nitrogen and oxygen atoms in total. The largest absolute Gasteiger partial charge is 0.309 e. The fourth-order valence-electron chi connectivity index (χ4n) is 11.5. The SMILES string of the molecule is c1ccc(-c2nc(-c3ccccc3)nc(-c3ccc4c(c3)c3ccccc3c3cccc(-n5c6ccc(-c7ccc8c(c7)c7ccccc7n8-c7ccccc7)cc6c6c7ccccc7ccc65)c34)n2)cc1. The summed E-state index contributed by atoms with van der Waals surface area (Å²) in [5.74, 6) is 1.92. The predicted octanol–water partition coefficient (Wildman–Crippen LogP) is 17.3. The van der Waals surface area contributed by atoms with Crippen LogP contribution < -0.4 is 0 Å². The van der Waals surface area contributed by atoms with Crippen molar-refractivity contribution in [3.05, 3.63) is 249 Å². The second kappa shape index (κ2) is 15.9. The third kappa shape index (κ3) is 6.17. The maximum Gasteiger partial charge on any atom is 0.164 e. The van der Waals surface area contributed by atoms with Crippen LogP contribution in [0.3, 0.4) is 0 Å². The van der Waals surface area contributed by atoms with E-state index in [-0.39, 0.29) is 0 Å². The summed E-state index contributed by atoms with van der Waals surface area (Å²) in [5, 5.41) is 14.5. The summed E-state index contributed by atoms with van der Waals surface area (Å²) < 4.78 is 4.89. The fourth-order valence-corrected chi connectivity index (χ4v) is 11.5. The van der Waals surface area contributed by atoms with Crippen molar-refractivity contribution in [2.24, 2.45) is 0 Å². The molecule has 15 aromatic rings. The van der Waals surface area contributed by atoms with Gasteiger partial charge in [0.15, 0.2) is 17.5 Å². The molecule has 72 heavy (non-hydrogen) atoms. The van der Waals surface area contributed by atoms with Gasteiger partial charge in [-0.25, -0.2) is 15.0 Å². The molecule has 15 rings (SSSR count). The lowest BCUT2D eigenvalue weighted by Gasteiger charge is -2.17. The first-order valence-corrected chi connectivity index (χ1v) is 24.5. The second-order valence-electron chi connectivity index (χ2n) is 18.7. The first-order valence-electron chi connectivity index (χ1n) is 24.5. The maximum absolute atomic E-state index is 5.14. The number of benzene rings is 12. The van der Waals surface area contributed by atoms with Crippen molar-refractivity contribution in [2.45, 2.75) is 0 Å². The van der Waals surface area contributed by atoms with Gasteiger partial charge in [-0.3, -0.25) is 0 Å². The van der Waals surface area contributed by atoms with Crippen molar-refractivity contribution in [2.75, 3.05) is 0 Å². The van der Waals surface area contributed by atoms with Gasteiger partial charge in [-0.05, 0) is 109 Å². The average molecular weight is 916 g/mol. The van der Waals surface area contributed by atoms with Crippen molar-refractivity contribution in [3.63, 3.8) is 0 Å². The van der Waals surface area contributed by atoms with Gasteiger partial charge < -0.3 is 9.13 Å². The third-order valence-corrected chi connectivity index (χ3v) is 14.7. The zero-order valence-electron chi connectivity index (χ0n) is 38.9. The Hall–Kier alpha value is -9.71. The van der Waals surface area contributed by atoms with Crippen molar-refractivity contribution in [1.82, 2.24) is 24.1 Å². The summed E-state index contributed by atoms with van der Waals surface area (Å²) in [6.45, 7) is 0. The molecule has 334 valence electrons. The normalized spacial score (nSPS) is 11.9. The van der Waals surface area contributed by atoms with Crippen LogP contribution in [0.15, 0.2) is 249 Å². The first kappa shape index (κ1) is 40.2. The van der Waals surface area contributed by atoms with Crippen molar-refractivity contribution in [1.29, 1.82) is 0 Å². The summed E-state index contributed by atoms with van der Waals surface area (Å²) >= 11 is 0. The van der Waals surface area contributed by atoms with E-state index in [1.807, 2.05) is 36.4 Å². The predicted molar refractivity (Wildman–Crippen MR) is 300 cm³/mol. The molecule has 0 saturated carbocycles. The second-order valence-corrected chi connectivity index (χ2v) is 18.7. The van der Waals surface area contributed by atoms with E-state index in [4.69, 9.17) is 15.0 Å². The smallest absolute Gasteiger partial charge is 0.164 e. The van der Waals surface area contributed by atoms with Crippen LogP contribution in [0.1, 0.15) is 0 Å². The van der Waals surface area contributed by atoms with E-state index < -0.39 is 0 Å². The Bertz CT molecular complexity index is 4610. The van der Waals surface area contributed by atoms with Gasteiger partial charge in [0.05, 0.1) is 27.8 Å². The molecule has 0 atom stereocenters. The van der Waals surface area contributed by atoms with Crippen molar-refractivity contribution in [3.8, 4) is 56.7 Å². The number of rotatable bonds is 6. The molecule has 12 aromatic carbocycles. The molecule has 0 unspecified atom stereocenters. The van der Waals surface area contributed by atoms with Gasteiger partial charge in [-0.1, -0.05) is 188 Å². The molecule has 0 aliphatic carbocycles. The van der Waals surface area contributed by atoms with E-state index in [1.165, 1.54) is 86.9 Å². The van der Waals surface area contributed by atoms with E-state index in [0.717, 1.165) is 39.0 Å². The Morgan fingerprint density at radius 3 is 1.43 bits per heavy atom. The molecule has 0 N–H and O–H groups in total. The lowest BCUT2D eigenvalue weighted by atomic mass is 9.92. The molecule has 0 fully saturated rings. The molecular weight excluding hydrogens is 875 g/mol. The van der Waals surface area contributed by atoms with Gasteiger partial charge >= 0.3 is 0 Å². The lowest BCUT2D eigenvalue weighted by Crippen LogP contribution is -2.00. The van der Waals surface area contributed by atoms with E-state index in [0.29, 0.717) is 17.5 Å². The topological polar surface area (TPSA) is 48.5 Å². The minimum atomic E-state index is 0.633. The summed E-state index contributed by atoms with van der Waals surface area (Å²) in [5.41, 5.74) is 12.2. The highest BCUT2D eigenvalue weighted by atomic mass is 15.0. The van der Waals surface area contributed by atoms with Crippen LogP contribution in [0, 0.1) is 0 Å². The van der Waals surface area contributed by atoms with Crippen LogP contribution >= 0.6 is 0 Å². The molecule has 0 aliphatic heterocycles. The molecule has 0 aliphatic rings. The minimum Gasteiger partial charge on any atom is -0.309 e. The number of fused-ring (bicyclic) bond motifs is 14. The summed E-state index contributed by atoms with van der Waals surface area (Å²) in [6, 6.07) is 89.6. The molecule has 3 heterocycles. The minimum absolute atomic E-state index is 0.633. The van der Waals surface area contributed by atoms with E-state index >= 15 is 0 Å². The molecule has 0 spiro atoms. The van der Waals surface area contributed by atoms with Crippen molar-refractivity contribution >= 4 is 86.7 Å².